The van der Waals surface area contributed by atoms with E-state index in [0.717, 1.165) is 30.6 Å². The molecule has 1 aromatic rings. The van der Waals surface area contributed by atoms with Gasteiger partial charge < -0.3 is 10.0 Å². The maximum absolute atomic E-state index is 12.1. The number of amides is 1. The topological polar surface area (TPSA) is 70.5 Å². The van der Waals surface area contributed by atoms with E-state index in [4.69, 9.17) is 5.11 Å². The summed E-state index contributed by atoms with van der Waals surface area (Å²) in [6.07, 6.45) is 2.99. The van der Waals surface area contributed by atoms with Crippen molar-refractivity contribution in [2.75, 3.05) is 6.54 Å². The number of aromatic nitrogens is 1. The molecule has 92 valence electrons. The predicted molar refractivity (Wildman–Crippen MR) is 63.4 cm³/mol. The van der Waals surface area contributed by atoms with Gasteiger partial charge in [-0.3, -0.25) is 4.79 Å². The lowest BCUT2D eigenvalue weighted by molar-refractivity contribution is 0.0691. The van der Waals surface area contributed by atoms with Crippen LogP contribution in [0, 0.1) is 0 Å². The van der Waals surface area contributed by atoms with Crippen molar-refractivity contribution in [3.63, 3.8) is 0 Å². The average molecular weight is 254 g/mol. The van der Waals surface area contributed by atoms with Gasteiger partial charge in [0, 0.05) is 18.0 Å². The summed E-state index contributed by atoms with van der Waals surface area (Å²) < 4.78 is 0. The molecule has 0 unspecified atom stereocenters. The van der Waals surface area contributed by atoms with E-state index >= 15 is 0 Å². The van der Waals surface area contributed by atoms with Gasteiger partial charge in [-0.15, -0.1) is 11.3 Å². The molecule has 1 N–H and O–H groups in total. The number of carbonyl (C=O) groups excluding carboxylic acids is 1. The molecule has 1 aromatic heterocycles. The third-order valence-corrected chi connectivity index (χ3v) is 3.45. The highest BCUT2D eigenvalue weighted by molar-refractivity contribution is 7.11. The van der Waals surface area contributed by atoms with Gasteiger partial charge in [-0.1, -0.05) is 6.92 Å². The lowest BCUT2D eigenvalue weighted by Gasteiger charge is -2.20. The van der Waals surface area contributed by atoms with E-state index in [2.05, 4.69) is 4.98 Å². The molecule has 5 nitrogen and oxygen atoms in total. The molecule has 1 fully saturated rings. The fourth-order valence-corrected chi connectivity index (χ4v) is 2.42. The zero-order chi connectivity index (χ0) is 12.4. The first-order chi connectivity index (χ1) is 8.13. The van der Waals surface area contributed by atoms with Crippen LogP contribution in [0.4, 0.5) is 0 Å². The first-order valence-electron chi connectivity index (χ1n) is 5.63. The van der Waals surface area contributed by atoms with Crippen molar-refractivity contribution in [3.8, 4) is 0 Å². The molecule has 6 heteroatoms. The number of nitrogens with zero attached hydrogens (tertiary/aromatic N) is 2. The number of aromatic carboxylic acids is 1. The number of hydrogen-bond acceptors (Lipinski definition) is 4. The minimum absolute atomic E-state index is 0.0504. The van der Waals surface area contributed by atoms with Gasteiger partial charge in [-0.25, -0.2) is 9.78 Å². The van der Waals surface area contributed by atoms with E-state index < -0.39 is 5.97 Å². The number of carboxylic acid groups (broad SMARTS) is 1. The van der Waals surface area contributed by atoms with Gasteiger partial charge in [0.15, 0.2) is 10.7 Å². The Morgan fingerprint density at radius 1 is 1.59 bits per heavy atom. The highest BCUT2D eigenvalue weighted by atomic mass is 32.1. The van der Waals surface area contributed by atoms with Crippen LogP contribution in [-0.4, -0.2) is 39.5 Å². The van der Waals surface area contributed by atoms with Crippen LogP contribution in [0.25, 0.3) is 0 Å². The monoisotopic (exact) mass is 254 g/mol. The summed E-state index contributed by atoms with van der Waals surface area (Å²) in [6.45, 7) is 2.73. The second-order valence-corrected chi connectivity index (χ2v) is 4.93. The zero-order valence-electron chi connectivity index (χ0n) is 9.55. The number of carboxylic acids is 1. The third kappa shape index (κ3) is 2.63. The van der Waals surface area contributed by atoms with Crippen molar-refractivity contribution in [2.45, 2.75) is 32.2 Å². The first kappa shape index (κ1) is 12.0. The Hall–Kier alpha value is -1.43. The van der Waals surface area contributed by atoms with Gasteiger partial charge in [0.1, 0.15) is 0 Å². The van der Waals surface area contributed by atoms with E-state index in [1.165, 1.54) is 5.38 Å². The van der Waals surface area contributed by atoms with Gasteiger partial charge in [0.05, 0.1) is 0 Å². The second-order valence-electron chi connectivity index (χ2n) is 4.07. The molecule has 0 atom stereocenters. The zero-order valence-corrected chi connectivity index (χ0v) is 10.4. The maximum atomic E-state index is 12.1. The molecule has 0 aromatic carbocycles. The van der Waals surface area contributed by atoms with Crippen LogP contribution in [-0.2, 0) is 0 Å². The highest BCUT2D eigenvalue weighted by Crippen LogP contribution is 2.28. The van der Waals surface area contributed by atoms with E-state index in [1.54, 1.807) is 0 Å². The normalized spacial score (nSPS) is 14.6. The Morgan fingerprint density at radius 3 is 2.76 bits per heavy atom. The smallest absolute Gasteiger partial charge is 0.355 e. The molecular formula is C11H14N2O3S. The van der Waals surface area contributed by atoms with Crippen LogP contribution in [0.1, 0.15) is 46.5 Å². The number of thiazole rings is 1. The van der Waals surface area contributed by atoms with E-state index in [1.807, 2.05) is 11.8 Å². The van der Waals surface area contributed by atoms with Crippen molar-refractivity contribution in [3.05, 3.63) is 16.1 Å². The molecule has 0 radical (unpaired) electrons. The van der Waals surface area contributed by atoms with E-state index in [-0.39, 0.29) is 16.6 Å². The fraction of sp³-hybridized carbons (Fsp3) is 0.545. The Kier molecular flexibility index (Phi) is 3.42. The number of carbonyl (C=O) groups is 2. The van der Waals surface area contributed by atoms with Gasteiger partial charge in [-0.2, -0.15) is 0 Å². The van der Waals surface area contributed by atoms with Crippen LogP contribution in [0.15, 0.2) is 5.38 Å². The average Bonchev–Trinajstić information content (AvgIpc) is 3.00. The molecule has 0 aliphatic heterocycles. The molecule has 0 spiro atoms. The van der Waals surface area contributed by atoms with Gasteiger partial charge >= 0.3 is 5.97 Å². The minimum Gasteiger partial charge on any atom is -0.476 e. The first-order valence-corrected chi connectivity index (χ1v) is 6.51. The van der Waals surface area contributed by atoms with Crippen LogP contribution >= 0.6 is 11.3 Å². The molecule has 1 aliphatic carbocycles. The lowest BCUT2D eigenvalue weighted by atomic mass is 10.3. The number of hydrogen-bond donors (Lipinski definition) is 1. The van der Waals surface area contributed by atoms with Crippen LogP contribution in [0.3, 0.4) is 0 Å². The quantitative estimate of drug-likeness (QED) is 0.870. The molecule has 2 rings (SSSR count). The van der Waals surface area contributed by atoms with Crippen molar-refractivity contribution < 1.29 is 14.7 Å². The standard InChI is InChI=1S/C11H14N2O3S/c1-2-5-13(7-3-4-7)10(14)9-12-8(6-17-9)11(15)16/h6-7H,2-5H2,1H3,(H,15,16). The molecule has 1 amide bonds. The Morgan fingerprint density at radius 2 is 2.29 bits per heavy atom. The van der Waals surface area contributed by atoms with Crippen molar-refractivity contribution >= 4 is 23.2 Å². The number of rotatable bonds is 5. The van der Waals surface area contributed by atoms with Crippen molar-refractivity contribution in [1.82, 2.24) is 9.88 Å². The minimum atomic E-state index is -1.09. The predicted octanol–water partition coefficient (Wildman–Crippen LogP) is 1.86. The molecule has 0 bridgehead atoms. The largest absolute Gasteiger partial charge is 0.476 e. The van der Waals surface area contributed by atoms with Crippen molar-refractivity contribution in [2.24, 2.45) is 0 Å². The summed E-state index contributed by atoms with van der Waals surface area (Å²) in [4.78, 5) is 28.5. The Balaban J connectivity index is 2.13. The summed E-state index contributed by atoms with van der Waals surface area (Å²) in [5, 5.41) is 10.5. The van der Waals surface area contributed by atoms with Gasteiger partial charge in [-0.05, 0) is 19.3 Å². The van der Waals surface area contributed by atoms with Crippen LogP contribution in [0.2, 0.25) is 0 Å². The van der Waals surface area contributed by atoms with Crippen LogP contribution < -0.4 is 0 Å². The molecule has 17 heavy (non-hydrogen) atoms. The van der Waals surface area contributed by atoms with Crippen molar-refractivity contribution in [1.29, 1.82) is 0 Å². The highest BCUT2D eigenvalue weighted by Gasteiger charge is 2.33. The maximum Gasteiger partial charge on any atom is 0.355 e. The Labute approximate surface area is 103 Å². The molecule has 0 saturated heterocycles. The summed E-state index contributed by atoms with van der Waals surface area (Å²) >= 11 is 1.10. The second kappa shape index (κ2) is 4.83. The molecule has 1 saturated carbocycles. The lowest BCUT2D eigenvalue weighted by Crippen LogP contribution is -2.33. The molecular weight excluding hydrogens is 240 g/mol. The van der Waals surface area contributed by atoms with Gasteiger partial charge in [0.25, 0.3) is 5.91 Å². The SMILES string of the molecule is CCCN(C(=O)c1nc(C(=O)O)cs1)C1CC1. The summed E-state index contributed by atoms with van der Waals surface area (Å²) in [5.41, 5.74) is -0.0504. The van der Waals surface area contributed by atoms with E-state index in [9.17, 15) is 9.59 Å². The fourth-order valence-electron chi connectivity index (χ4n) is 1.67. The summed E-state index contributed by atoms with van der Waals surface area (Å²) in [5.74, 6) is -1.22. The molecule has 1 aliphatic rings. The third-order valence-electron chi connectivity index (χ3n) is 2.62. The van der Waals surface area contributed by atoms with Crippen LogP contribution in [0.5, 0.6) is 0 Å². The molecule has 1 heterocycles. The van der Waals surface area contributed by atoms with E-state index in [0.29, 0.717) is 12.6 Å². The summed E-state index contributed by atoms with van der Waals surface area (Å²) in [6, 6.07) is 0.333. The Bertz CT molecular complexity index is 440. The van der Waals surface area contributed by atoms with Gasteiger partial charge in [0.2, 0.25) is 0 Å². The summed E-state index contributed by atoms with van der Waals surface area (Å²) in [7, 11) is 0.